The van der Waals surface area contributed by atoms with Gasteiger partial charge in [-0.2, -0.15) is 8.42 Å². The zero-order chi connectivity index (χ0) is 26.2. The molecule has 0 saturated carbocycles. The molecule has 0 heterocycles. The summed E-state index contributed by atoms with van der Waals surface area (Å²) in [6.45, 7) is 1.61. The second-order valence-corrected chi connectivity index (χ2v) is 10.1. The van der Waals surface area contributed by atoms with Gasteiger partial charge < -0.3 is 18.9 Å². The number of allylic oxidation sites excluding steroid dienone is 2. The third kappa shape index (κ3) is 9.48. The van der Waals surface area contributed by atoms with Crippen molar-refractivity contribution in [3.05, 3.63) is 108 Å². The van der Waals surface area contributed by atoms with Gasteiger partial charge in [-0.1, -0.05) is 78.9 Å². The zero-order valence-corrected chi connectivity index (χ0v) is 22.1. The summed E-state index contributed by atoms with van der Waals surface area (Å²) >= 11 is 0. The first-order valence-electron chi connectivity index (χ1n) is 12.4. The molecular weight excluding hydrogens is 492 g/mol. The lowest BCUT2D eigenvalue weighted by Crippen LogP contribution is -2.31. The van der Waals surface area contributed by atoms with Crippen LogP contribution in [0.2, 0.25) is 0 Å². The van der Waals surface area contributed by atoms with E-state index in [4.69, 9.17) is 18.9 Å². The molecule has 0 spiro atoms. The van der Waals surface area contributed by atoms with Crippen LogP contribution < -0.4 is 0 Å². The molecule has 37 heavy (non-hydrogen) atoms. The molecule has 0 N–H and O–H groups in total. The average Bonchev–Trinajstić information content (AvgIpc) is 3.19. The lowest BCUT2D eigenvalue weighted by atomic mass is 9.79. The molecule has 0 radical (unpaired) electrons. The number of hydrogen-bond donors (Lipinski definition) is 0. The molecule has 0 fully saturated rings. The lowest BCUT2D eigenvalue weighted by molar-refractivity contribution is 0.0215. The van der Waals surface area contributed by atoms with Crippen LogP contribution in [0, 0.1) is 0 Å². The van der Waals surface area contributed by atoms with Gasteiger partial charge in [0, 0.05) is 16.7 Å². The molecule has 2 aromatic rings. The molecule has 0 aromatic heterocycles. The Balaban J connectivity index is 1.56. The Kier molecular flexibility index (Phi) is 11.9. The maximum atomic E-state index is 10.9. The SMILES string of the molecule is CS(=O)(=O)OCCOCCOCCO/C=C/OC(C1=CCCCC=C1)(c1ccccc1)c1ccccc1. The van der Waals surface area contributed by atoms with Crippen molar-refractivity contribution in [1.29, 1.82) is 0 Å². The summed E-state index contributed by atoms with van der Waals surface area (Å²) in [5.41, 5.74) is 2.36. The summed E-state index contributed by atoms with van der Waals surface area (Å²) in [4.78, 5) is 0. The molecule has 1 aliphatic carbocycles. The highest BCUT2D eigenvalue weighted by Gasteiger charge is 2.39. The van der Waals surface area contributed by atoms with Gasteiger partial charge in [0.25, 0.3) is 10.1 Å². The van der Waals surface area contributed by atoms with Gasteiger partial charge >= 0.3 is 0 Å². The van der Waals surface area contributed by atoms with Crippen LogP contribution in [0.5, 0.6) is 0 Å². The van der Waals surface area contributed by atoms with E-state index in [-0.39, 0.29) is 13.2 Å². The van der Waals surface area contributed by atoms with Crippen molar-refractivity contribution in [3.8, 4) is 0 Å². The minimum absolute atomic E-state index is 0.00706. The molecular formula is C29H36O7S. The van der Waals surface area contributed by atoms with Crippen LogP contribution in [0.3, 0.4) is 0 Å². The third-order valence-corrected chi connectivity index (χ3v) is 6.24. The van der Waals surface area contributed by atoms with E-state index in [0.29, 0.717) is 26.4 Å². The predicted octanol–water partition coefficient (Wildman–Crippen LogP) is 5.11. The molecule has 3 rings (SSSR count). The minimum Gasteiger partial charge on any atom is -0.496 e. The van der Waals surface area contributed by atoms with E-state index < -0.39 is 15.7 Å². The Morgan fingerprint density at radius 1 is 0.784 bits per heavy atom. The van der Waals surface area contributed by atoms with E-state index in [0.717, 1.165) is 42.2 Å². The van der Waals surface area contributed by atoms with Gasteiger partial charge in [0.15, 0.2) is 5.60 Å². The normalized spacial score (nSPS) is 14.4. The van der Waals surface area contributed by atoms with E-state index in [9.17, 15) is 8.42 Å². The highest BCUT2D eigenvalue weighted by atomic mass is 32.2. The van der Waals surface area contributed by atoms with Crippen molar-refractivity contribution < 1.29 is 31.5 Å². The van der Waals surface area contributed by atoms with Crippen LogP contribution >= 0.6 is 0 Å². The number of ether oxygens (including phenoxy) is 4. The maximum Gasteiger partial charge on any atom is 0.264 e. The standard InChI is InChI=1S/C29H36O7S/c1-37(30,31)36-25-23-34-21-19-32-18-20-33-22-24-35-29(27-14-8-4-9-15-27,28-16-10-5-11-17-28)26-12-6-2-3-7-13-26/h4-6,8-17,22,24H,2-3,7,18-21,23,25H2,1H3/b24-22+. The van der Waals surface area contributed by atoms with Crippen molar-refractivity contribution in [2.75, 3.05) is 45.9 Å². The van der Waals surface area contributed by atoms with Crippen LogP contribution in [-0.2, 0) is 38.8 Å². The van der Waals surface area contributed by atoms with E-state index in [1.54, 1.807) is 12.5 Å². The molecule has 1 aliphatic rings. The fraction of sp³-hybridized carbons (Fsp3) is 0.379. The van der Waals surface area contributed by atoms with Gasteiger partial charge in [0.2, 0.25) is 0 Å². The molecule has 7 nitrogen and oxygen atoms in total. The minimum atomic E-state index is -3.44. The highest BCUT2D eigenvalue weighted by molar-refractivity contribution is 7.85. The van der Waals surface area contributed by atoms with Crippen molar-refractivity contribution in [1.82, 2.24) is 0 Å². The molecule has 2 aromatic carbocycles. The molecule has 200 valence electrons. The van der Waals surface area contributed by atoms with E-state index in [1.807, 2.05) is 36.4 Å². The topological polar surface area (TPSA) is 80.3 Å². The van der Waals surface area contributed by atoms with Crippen LogP contribution in [0.25, 0.3) is 0 Å². The lowest BCUT2D eigenvalue weighted by Gasteiger charge is -2.35. The van der Waals surface area contributed by atoms with Crippen LogP contribution in [0.4, 0.5) is 0 Å². The molecule has 0 aliphatic heterocycles. The summed E-state index contributed by atoms with van der Waals surface area (Å²) in [5, 5.41) is 0. The van der Waals surface area contributed by atoms with Gasteiger partial charge in [-0.3, -0.25) is 4.18 Å². The summed E-state index contributed by atoms with van der Waals surface area (Å²) in [5.74, 6) is 0. The van der Waals surface area contributed by atoms with Crippen molar-refractivity contribution >= 4 is 10.1 Å². The second kappa shape index (κ2) is 15.4. The molecule has 0 amide bonds. The summed E-state index contributed by atoms with van der Waals surface area (Å²) in [6, 6.07) is 20.5. The Labute approximate surface area is 220 Å². The highest BCUT2D eigenvalue weighted by Crippen LogP contribution is 2.42. The van der Waals surface area contributed by atoms with Crippen molar-refractivity contribution in [3.63, 3.8) is 0 Å². The zero-order valence-electron chi connectivity index (χ0n) is 21.3. The van der Waals surface area contributed by atoms with Crippen LogP contribution in [0.1, 0.15) is 30.4 Å². The van der Waals surface area contributed by atoms with Gasteiger partial charge in [-0.05, 0) is 19.3 Å². The van der Waals surface area contributed by atoms with Gasteiger partial charge in [0.05, 0.1) is 39.3 Å². The van der Waals surface area contributed by atoms with Crippen LogP contribution in [0.15, 0.2) is 97.0 Å². The Morgan fingerprint density at radius 2 is 1.38 bits per heavy atom. The first-order chi connectivity index (χ1) is 18.0. The number of rotatable bonds is 16. The number of benzene rings is 2. The van der Waals surface area contributed by atoms with Crippen LogP contribution in [-0.4, -0.2) is 54.3 Å². The average molecular weight is 529 g/mol. The molecule has 8 heteroatoms. The van der Waals surface area contributed by atoms with Gasteiger partial charge in [0.1, 0.15) is 19.1 Å². The first kappa shape index (κ1) is 28.7. The van der Waals surface area contributed by atoms with E-state index in [1.165, 1.54) is 0 Å². The Hall–Kier alpha value is -2.91. The quantitative estimate of drug-likeness (QED) is 0.170. The van der Waals surface area contributed by atoms with E-state index >= 15 is 0 Å². The van der Waals surface area contributed by atoms with E-state index in [2.05, 4.69) is 46.7 Å². The third-order valence-electron chi connectivity index (χ3n) is 5.64. The predicted molar refractivity (Wildman–Crippen MR) is 143 cm³/mol. The molecule has 0 bridgehead atoms. The van der Waals surface area contributed by atoms with Crippen molar-refractivity contribution in [2.45, 2.75) is 24.9 Å². The summed E-state index contributed by atoms with van der Waals surface area (Å²) in [7, 11) is -3.44. The Bertz CT molecular complexity index is 1070. The largest absolute Gasteiger partial charge is 0.496 e. The summed E-state index contributed by atoms with van der Waals surface area (Å²) in [6.07, 6.45) is 13.9. The fourth-order valence-corrected chi connectivity index (χ4v) is 4.36. The van der Waals surface area contributed by atoms with Gasteiger partial charge in [-0.25, -0.2) is 0 Å². The smallest absolute Gasteiger partial charge is 0.264 e. The summed E-state index contributed by atoms with van der Waals surface area (Å²) < 4.78 is 49.2. The maximum absolute atomic E-state index is 10.9. The Morgan fingerprint density at radius 3 is 2.00 bits per heavy atom. The molecule has 0 unspecified atom stereocenters. The first-order valence-corrected chi connectivity index (χ1v) is 14.3. The fourth-order valence-electron chi connectivity index (χ4n) is 3.99. The van der Waals surface area contributed by atoms with Gasteiger partial charge in [-0.15, -0.1) is 0 Å². The second-order valence-electron chi connectivity index (χ2n) is 8.42. The molecule has 0 atom stereocenters. The monoisotopic (exact) mass is 528 g/mol. The van der Waals surface area contributed by atoms with Crippen molar-refractivity contribution in [2.24, 2.45) is 0 Å². The molecule has 0 saturated heterocycles. The number of hydrogen-bond acceptors (Lipinski definition) is 7.